The van der Waals surface area contributed by atoms with Crippen molar-refractivity contribution in [3.8, 4) is 0 Å². The SMILES string of the molecule is CC(C)(C)OC(=O)N[C@@H]1CCN(c2cnc3cc([N+](=O)[O-])ccc3n2)C1. The molecule has 1 aromatic heterocycles. The van der Waals surface area contributed by atoms with Crippen molar-refractivity contribution in [3.63, 3.8) is 0 Å². The molecule has 1 amide bonds. The molecule has 1 atom stereocenters. The van der Waals surface area contributed by atoms with Gasteiger partial charge in [-0.15, -0.1) is 0 Å². The lowest BCUT2D eigenvalue weighted by Crippen LogP contribution is -2.40. The Morgan fingerprint density at radius 2 is 2.15 bits per heavy atom. The standard InChI is InChI=1S/C17H21N5O4/c1-17(2,3)26-16(23)19-11-6-7-21(10-11)15-9-18-14-8-12(22(24)25)4-5-13(14)20-15/h4-5,8-9,11H,6-7,10H2,1-3H3,(H,19,23)/t11-/m1/s1. The molecule has 1 aliphatic heterocycles. The molecule has 1 fully saturated rings. The van der Waals surface area contributed by atoms with Crippen LogP contribution in [0.1, 0.15) is 27.2 Å². The third-order valence-electron chi connectivity index (χ3n) is 3.96. The number of carbonyl (C=O) groups is 1. The summed E-state index contributed by atoms with van der Waals surface area (Å²) in [5, 5.41) is 13.7. The Kier molecular flexibility index (Phi) is 4.62. The van der Waals surface area contributed by atoms with Crippen molar-refractivity contribution in [1.29, 1.82) is 0 Å². The average molecular weight is 359 g/mol. The lowest BCUT2D eigenvalue weighted by molar-refractivity contribution is -0.384. The van der Waals surface area contributed by atoms with E-state index < -0.39 is 16.6 Å². The summed E-state index contributed by atoms with van der Waals surface area (Å²) in [6.45, 7) is 6.80. The van der Waals surface area contributed by atoms with Gasteiger partial charge in [0.25, 0.3) is 5.69 Å². The minimum absolute atomic E-state index is 0.0117. The average Bonchev–Trinajstić information content (AvgIpc) is 3.00. The number of hydrogen-bond acceptors (Lipinski definition) is 7. The van der Waals surface area contributed by atoms with E-state index in [9.17, 15) is 14.9 Å². The van der Waals surface area contributed by atoms with Crippen molar-refractivity contribution in [1.82, 2.24) is 15.3 Å². The summed E-state index contributed by atoms with van der Waals surface area (Å²) in [7, 11) is 0. The monoisotopic (exact) mass is 359 g/mol. The zero-order valence-electron chi connectivity index (χ0n) is 14.9. The van der Waals surface area contributed by atoms with E-state index in [1.807, 2.05) is 25.7 Å². The third kappa shape index (κ3) is 4.16. The second-order valence-electron chi connectivity index (χ2n) is 7.24. The van der Waals surface area contributed by atoms with Crippen LogP contribution in [0.25, 0.3) is 11.0 Å². The van der Waals surface area contributed by atoms with Gasteiger partial charge in [-0.3, -0.25) is 15.1 Å². The molecule has 1 aliphatic rings. The number of hydrogen-bond donors (Lipinski definition) is 1. The molecule has 0 spiro atoms. The van der Waals surface area contributed by atoms with Crippen LogP contribution in [0.15, 0.2) is 24.4 Å². The van der Waals surface area contributed by atoms with E-state index in [2.05, 4.69) is 15.3 Å². The third-order valence-corrected chi connectivity index (χ3v) is 3.96. The van der Waals surface area contributed by atoms with E-state index in [0.717, 1.165) is 13.0 Å². The zero-order chi connectivity index (χ0) is 18.9. The molecule has 1 aromatic carbocycles. The van der Waals surface area contributed by atoms with E-state index in [1.165, 1.54) is 12.1 Å². The van der Waals surface area contributed by atoms with Gasteiger partial charge in [0, 0.05) is 25.2 Å². The molecule has 0 radical (unpaired) electrons. The first-order valence-corrected chi connectivity index (χ1v) is 8.37. The van der Waals surface area contributed by atoms with Gasteiger partial charge in [0.15, 0.2) is 0 Å². The normalized spacial score (nSPS) is 17.3. The van der Waals surface area contributed by atoms with Gasteiger partial charge in [0.2, 0.25) is 0 Å². The smallest absolute Gasteiger partial charge is 0.407 e. The molecular weight excluding hydrogens is 338 g/mol. The van der Waals surface area contributed by atoms with Gasteiger partial charge in [0.1, 0.15) is 11.4 Å². The maximum absolute atomic E-state index is 11.9. The summed E-state index contributed by atoms with van der Waals surface area (Å²) >= 11 is 0. The Hall–Kier alpha value is -2.97. The molecule has 9 heteroatoms. The van der Waals surface area contributed by atoms with E-state index in [4.69, 9.17) is 4.74 Å². The number of anilines is 1. The summed E-state index contributed by atoms with van der Waals surface area (Å²) in [5.41, 5.74) is 0.527. The predicted octanol–water partition coefficient (Wildman–Crippen LogP) is 2.64. The summed E-state index contributed by atoms with van der Waals surface area (Å²) in [6.07, 6.45) is 1.95. The fourth-order valence-electron chi connectivity index (χ4n) is 2.82. The molecule has 0 aliphatic carbocycles. The number of nitro groups is 1. The van der Waals surface area contributed by atoms with Crippen LogP contribution < -0.4 is 10.2 Å². The van der Waals surface area contributed by atoms with Crippen molar-refractivity contribution in [2.75, 3.05) is 18.0 Å². The molecule has 0 unspecified atom stereocenters. The van der Waals surface area contributed by atoms with Crippen LogP contribution in [-0.4, -0.2) is 45.7 Å². The first-order chi connectivity index (χ1) is 12.2. The number of ether oxygens (including phenoxy) is 1. The first-order valence-electron chi connectivity index (χ1n) is 8.37. The van der Waals surface area contributed by atoms with Crippen molar-refractivity contribution >= 4 is 28.6 Å². The Morgan fingerprint density at radius 1 is 1.38 bits per heavy atom. The molecule has 1 saturated heterocycles. The van der Waals surface area contributed by atoms with E-state index in [1.54, 1.807) is 12.3 Å². The highest BCUT2D eigenvalue weighted by Gasteiger charge is 2.27. The number of alkyl carbamates (subject to hydrolysis) is 1. The summed E-state index contributed by atoms with van der Waals surface area (Å²) < 4.78 is 5.28. The number of aromatic nitrogens is 2. The Morgan fingerprint density at radius 3 is 2.85 bits per heavy atom. The van der Waals surface area contributed by atoms with Crippen molar-refractivity contribution in [2.24, 2.45) is 0 Å². The van der Waals surface area contributed by atoms with Crippen molar-refractivity contribution < 1.29 is 14.5 Å². The highest BCUT2D eigenvalue weighted by atomic mass is 16.6. The number of amides is 1. The summed E-state index contributed by atoms with van der Waals surface area (Å²) in [5.74, 6) is 0.680. The summed E-state index contributed by atoms with van der Waals surface area (Å²) in [4.78, 5) is 33.1. The molecule has 1 N–H and O–H groups in total. The molecule has 3 rings (SSSR count). The van der Waals surface area contributed by atoms with Gasteiger partial charge < -0.3 is 15.0 Å². The van der Waals surface area contributed by atoms with Crippen molar-refractivity contribution in [3.05, 3.63) is 34.5 Å². The minimum atomic E-state index is -0.533. The van der Waals surface area contributed by atoms with Crippen LogP contribution in [0.4, 0.5) is 16.3 Å². The maximum atomic E-state index is 11.9. The summed E-state index contributed by atoms with van der Waals surface area (Å²) in [6, 6.07) is 4.39. The van der Waals surface area contributed by atoms with Gasteiger partial charge in [-0.25, -0.2) is 9.78 Å². The highest BCUT2D eigenvalue weighted by molar-refractivity contribution is 5.78. The van der Waals surface area contributed by atoms with E-state index in [-0.39, 0.29) is 11.7 Å². The second kappa shape index (κ2) is 6.74. The van der Waals surface area contributed by atoms with Crippen molar-refractivity contribution in [2.45, 2.75) is 38.8 Å². The number of fused-ring (bicyclic) bond motifs is 1. The highest BCUT2D eigenvalue weighted by Crippen LogP contribution is 2.23. The fraction of sp³-hybridized carbons (Fsp3) is 0.471. The first kappa shape index (κ1) is 17.8. The molecule has 2 heterocycles. The maximum Gasteiger partial charge on any atom is 0.407 e. The van der Waals surface area contributed by atoms with Crippen LogP contribution >= 0.6 is 0 Å². The van der Waals surface area contributed by atoms with Gasteiger partial charge in [-0.05, 0) is 33.3 Å². The minimum Gasteiger partial charge on any atom is -0.444 e. The Balaban J connectivity index is 1.67. The van der Waals surface area contributed by atoms with Gasteiger partial charge in [-0.2, -0.15) is 0 Å². The Bertz CT molecular complexity index is 849. The zero-order valence-corrected chi connectivity index (χ0v) is 14.9. The molecule has 9 nitrogen and oxygen atoms in total. The topological polar surface area (TPSA) is 110 Å². The second-order valence-corrected chi connectivity index (χ2v) is 7.24. The van der Waals surface area contributed by atoms with E-state index in [0.29, 0.717) is 23.4 Å². The molecule has 0 saturated carbocycles. The molecule has 26 heavy (non-hydrogen) atoms. The van der Waals surface area contributed by atoms with Gasteiger partial charge in [0.05, 0.1) is 28.2 Å². The Labute approximate surface area is 150 Å². The van der Waals surface area contributed by atoms with Crippen LogP contribution in [0.3, 0.4) is 0 Å². The number of carbonyl (C=O) groups excluding carboxylic acids is 1. The fourth-order valence-corrected chi connectivity index (χ4v) is 2.82. The van der Waals surface area contributed by atoms with Crippen LogP contribution in [0.5, 0.6) is 0 Å². The number of nitrogens with zero attached hydrogens (tertiary/aromatic N) is 4. The lowest BCUT2D eigenvalue weighted by atomic mass is 10.2. The number of rotatable bonds is 3. The molecule has 138 valence electrons. The van der Waals surface area contributed by atoms with Crippen LogP contribution in [-0.2, 0) is 4.74 Å². The van der Waals surface area contributed by atoms with E-state index >= 15 is 0 Å². The molecular formula is C17H21N5O4. The van der Waals surface area contributed by atoms with Gasteiger partial charge in [-0.1, -0.05) is 0 Å². The predicted molar refractivity (Wildman–Crippen MR) is 96.2 cm³/mol. The van der Waals surface area contributed by atoms with Crippen LogP contribution in [0.2, 0.25) is 0 Å². The largest absolute Gasteiger partial charge is 0.444 e. The number of nitrogens with one attached hydrogen (secondary N) is 1. The number of benzene rings is 1. The van der Waals surface area contributed by atoms with Gasteiger partial charge >= 0.3 is 6.09 Å². The lowest BCUT2D eigenvalue weighted by Gasteiger charge is -2.22. The molecule has 0 bridgehead atoms. The molecule has 2 aromatic rings. The number of nitro benzene ring substituents is 1. The number of non-ortho nitro benzene ring substituents is 1. The quantitative estimate of drug-likeness (QED) is 0.662. The van der Waals surface area contributed by atoms with Crippen LogP contribution in [0, 0.1) is 10.1 Å².